The van der Waals surface area contributed by atoms with Crippen LogP contribution in [0.3, 0.4) is 0 Å². The minimum Gasteiger partial charge on any atom is -0.325 e. The molecule has 3 aromatic rings. The Morgan fingerprint density at radius 1 is 1.06 bits per heavy atom. The monoisotopic (exact) mass is 462 g/mol. The number of nitrogens with one attached hydrogen (secondary N) is 1. The molecule has 164 valence electrons. The Balaban J connectivity index is 1.35. The maximum absolute atomic E-state index is 13.1. The van der Waals surface area contributed by atoms with E-state index in [4.69, 9.17) is 0 Å². The van der Waals surface area contributed by atoms with Crippen LogP contribution in [0.15, 0.2) is 64.4 Å². The van der Waals surface area contributed by atoms with Crippen LogP contribution >= 0.6 is 23.1 Å². The number of anilines is 1. The lowest BCUT2D eigenvalue weighted by atomic mass is 9.75. The summed E-state index contributed by atoms with van der Waals surface area (Å²) in [5, 5.41) is 4.53. The summed E-state index contributed by atoms with van der Waals surface area (Å²) in [7, 11) is 0. The van der Waals surface area contributed by atoms with Crippen molar-refractivity contribution in [1.29, 1.82) is 0 Å². The molecule has 2 heterocycles. The van der Waals surface area contributed by atoms with Crippen LogP contribution in [0, 0.1) is 24.7 Å². The van der Waals surface area contributed by atoms with Crippen LogP contribution in [-0.4, -0.2) is 15.7 Å². The number of rotatable bonds is 4. The Morgan fingerprint density at radius 3 is 2.59 bits per heavy atom. The first kappa shape index (κ1) is 20.3. The summed E-state index contributed by atoms with van der Waals surface area (Å²) in [6, 6.07) is 18.5. The summed E-state index contributed by atoms with van der Waals surface area (Å²) in [6.07, 6.45) is 3.94. The van der Waals surface area contributed by atoms with Crippen LogP contribution in [0.1, 0.15) is 41.2 Å². The molecule has 2 bridgehead atoms. The molecule has 2 aromatic carbocycles. The maximum atomic E-state index is 13.1. The smallest absolute Gasteiger partial charge is 0.308 e. The topological polar surface area (TPSA) is 51.1 Å². The Morgan fingerprint density at radius 2 is 1.81 bits per heavy atom. The van der Waals surface area contributed by atoms with Crippen molar-refractivity contribution in [3.05, 3.63) is 80.3 Å². The molecule has 1 aromatic heterocycles. The lowest BCUT2D eigenvalue weighted by molar-refractivity contribution is -0.116. The van der Waals surface area contributed by atoms with E-state index in [2.05, 4.69) is 35.6 Å². The molecule has 4 nitrogen and oxygen atoms in total. The van der Waals surface area contributed by atoms with Crippen molar-refractivity contribution in [2.75, 3.05) is 5.32 Å². The molecule has 4 unspecified atom stereocenters. The molecule has 1 N–H and O–H groups in total. The van der Waals surface area contributed by atoms with Gasteiger partial charge in [0.1, 0.15) is 6.54 Å². The molecule has 0 radical (unpaired) electrons. The number of nitrogens with zero attached hydrogens (tertiary/aromatic N) is 1. The zero-order chi connectivity index (χ0) is 21.8. The molecule has 1 aliphatic heterocycles. The van der Waals surface area contributed by atoms with Crippen molar-refractivity contribution < 1.29 is 4.79 Å². The quantitative estimate of drug-likeness (QED) is 0.556. The SMILES string of the molecule is Cc1ccc(NC(=O)Cn2c3c(sc2=O)[C@@H](c2ccccc2)C2C4CCC(C4)C2S3)cc1. The molecule has 6 rings (SSSR count). The van der Waals surface area contributed by atoms with Crippen LogP contribution in [0.5, 0.6) is 0 Å². The Hall–Kier alpha value is -2.31. The molecule has 2 fully saturated rings. The Labute approximate surface area is 196 Å². The highest BCUT2D eigenvalue weighted by atomic mass is 32.2. The van der Waals surface area contributed by atoms with Gasteiger partial charge in [-0.05, 0) is 61.6 Å². The number of aryl methyl sites for hydroxylation is 1. The number of fused-ring (bicyclic) bond motifs is 6. The van der Waals surface area contributed by atoms with Crippen LogP contribution in [0.2, 0.25) is 0 Å². The van der Waals surface area contributed by atoms with Crippen molar-refractivity contribution in [2.24, 2.45) is 17.8 Å². The summed E-state index contributed by atoms with van der Waals surface area (Å²) in [5.74, 6) is 2.21. The first-order chi connectivity index (χ1) is 15.6. The predicted molar refractivity (Wildman–Crippen MR) is 131 cm³/mol. The summed E-state index contributed by atoms with van der Waals surface area (Å²) in [5.41, 5.74) is 3.23. The van der Waals surface area contributed by atoms with Gasteiger partial charge in [-0.2, -0.15) is 0 Å². The third-order valence-corrected chi connectivity index (χ3v) is 10.3. The fourth-order valence-corrected chi connectivity index (χ4v) is 9.25. The average molecular weight is 463 g/mol. The second-order valence-electron chi connectivity index (χ2n) is 9.42. The molecule has 0 saturated heterocycles. The van der Waals surface area contributed by atoms with Gasteiger partial charge >= 0.3 is 4.87 Å². The van der Waals surface area contributed by atoms with Gasteiger partial charge in [-0.1, -0.05) is 59.4 Å². The van der Waals surface area contributed by atoms with Gasteiger partial charge < -0.3 is 5.32 Å². The molecule has 2 aliphatic carbocycles. The van der Waals surface area contributed by atoms with E-state index >= 15 is 0 Å². The number of carbonyl (C=O) groups is 1. The highest BCUT2D eigenvalue weighted by Crippen LogP contribution is 2.63. The Kier molecular flexibility index (Phi) is 5.03. The number of hydrogen-bond acceptors (Lipinski definition) is 4. The predicted octanol–water partition coefficient (Wildman–Crippen LogP) is 5.51. The van der Waals surface area contributed by atoms with Crippen molar-refractivity contribution in [3.63, 3.8) is 0 Å². The number of aromatic nitrogens is 1. The van der Waals surface area contributed by atoms with Crippen molar-refractivity contribution in [1.82, 2.24) is 4.57 Å². The minimum absolute atomic E-state index is 0.0187. The van der Waals surface area contributed by atoms with Crippen molar-refractivity contribution in [2.45, 2.75) is 48.9 Å². The number of hydrogen-bond donors (Lipinski definition) is 1. The van der Waals surface area contributed by atoms with E-state index in [0.29, 0.717) is 11.2 Å². The molecule has 5 atom stereocenters. The average Bonchev–Trinajstić information content (AvgIpc) is 3.49. The van der Waals surface area contributed by atoms with Gasteiger partial charge in [-0.3, -0.25) is 14.2 Å². The second kappa shape index (κ2) is 7.92. The normalized spacial score (nSPS) is 27.7. The molecular formula is C26H26N2O2S2. The van der Waals surface area contributed by atoms with E-state index in [1.807, 2.05) is 43.0 Å². The number of benzene rings is 2. The van der Waals surface area contributed by atoms with Gasteiger partial charge in [0, 0.05) is 21.7 Å². The first-order valence-electron chi connectivity index (χ1n) is 11.4. The lowest BCUT2D eigenvalue weighted by Gasteiger charge is -2.40. The van der Waals surface area contributed by atoms with Crippen LogP contribution in [-0.2, 0) is 11.3 Å². The molecule has 1 amide bonds. The molecule has 3 aliphatic rings. The summed E-state index contributed by atoms with van der Waals surface area (Å²) < 4.78 is 1.73. The maximum Gasteiger partial charge on any atom is 0.308 e. The van der Waals surface area contributed by atoms with E-state index in [1.54, 1.807) is 4.57 Å². The first-order valence-corrected chi connectivity index (χ1v) is 13.1. The van der Waals surface area contributed by atoms with Crippen LogP contribution < -0.4 is 10.2 Å². The number of thiazole rings is 1. The second-order valence-corrected chi connectivity index (χ2v) is 11.6. The lowest BCUT2D eigenvalue weighted by Crippen LogP contribution is -2.34. The van der Waals surface area contributed by atoms with Gasteiger partial charge in [-0.15, -0.1) is 11.8 Å². The molecular weight excluding hydrogens is 436 g/mol. The Bertz CT molecular complexity index is 1210. The molecule has 6 heteroatoms. The molecule has 32 heavy (non-hydrogen) atoms. The van der Waals surface area contributed by atoms with Crippen LogP contribution in [0.4, 0.5) is 5.69 Å². The molecule has 0 spiro atoms. The third-order valence-electron chi connectivity index (χ3n) is 7.49. The fourth-order valence-electron chi connectivity index (χ4n) is 6.10. The highest BCUT2D eigenvalue weighted by molar-refractivity contribution is 8.00. The van der Waals surface area contributed by atoms with Gasteiger partial charge in [0.15, 0.2) is 0 Å². The highest BCUT2D eigenvalue weighted by Gasteiger charge is 2.55. The number of thioether (sulfide) groups is 1. The number of amides is 1. The van der Waals surface area contributed by atoms with Crippen molar-refractivity contribution in [3.8, 4) is 0 Å². The van der Waals surface area contributed by atoms with Gasteiger partial charge in [0.05, 0.1) is 5.03 Å². The summed E-state index contributed by atoms with van der Waals surface area (Å²) >= 11 is 3.23. The third kappa shape index (κ3) is 3.35. The largest absolute Gasteiger partial charge is 0.325 e. The van der Waals surface area contributed by atoms with Gasteiger partial charge in [-0.25, -0.2) is 0 Å². The standard InChI is InChI=1S/C26H26N2O2S2/c1-15-7-11-19(12-8-15)27-20(29)14-28-25-24(32-26(28)30)21(16-5-3-2-4-6-16)22-17-9-10-18(13-17)23(22)31-25/h2-8,11-12,17-18,21-23H,9-10,13-14H2,1H3,(H,27,29)/t17?,18?,21-,22?,23?/m0/s1. The van der Waals surface area contributed by atoms with Gasteiger partial charge in [0.2, 0.25) is 5.91 Å². The fraction of sp³-hybridized carbons (Fsp3) is 0.385. The van der Waals surface area contributed by atoms with Crippen LogP contribution in [0.25, 0.3) is 0 Å². The number of carbonyl (C=O) groups excluding carboxylic acids is 1. The van der Waals surface area contributed by atoms with E-state index < -0.39 is 0 Å². The van der Waals surface area contributed by atoms with E-state index in [1.165, 1.54) is 41.0 Å². The van der Waals surface area contributed by atoms with Gasteiger partial charge in [0.25, 0.3) is 0 Å². The summed E-state index contributed by atoms with van der Waals surface area (Å²) in [6.45, 7) is 2.09. The van der Waals surface area contributed by atoms with E-state index in [0.717, 1.165) is 28.1 Å². The molecule has 2 saturated carbocycles. The zero-order valence-corrected chi connectivity index (χ0v) is 19.6. The minimum atomic E-state index is -0.150. The van der Waals surface area contributed by atoms with E-state index in [9.17, 15) is 9.59 Å². The van der Waals surface area contributed by atoms with Crippen molar-refractivity contribution >= 4 is 34.7 Å². The zero-order valence-electron chi connectivity index (χ0n) is 18.0. The van der Waals surface area contributed by atoms with E-state index in [-0.39, 0.29) is 23.2 Å². The summed E-state index contributed by atoms with van der Waals surface area (Å²) in [4.78, 5) is 27.1.